The molecule has 2 rings (SSSR count). The van der Waals surface area contributed by atoms with E-state index in [1.165, 1.54) is 0 Å². The number of anilines is 1. The first-order chi connectivity index (χ1) is 12.0. The number of methoxy groups -OCH3 is 3. The van der Waals surface area contributed by atoms with Crippen LogP contribution in [0.2, 0.25) is 5.02 Å². The van der Waals surface area contributed by atoms with E-state index in [0.717, 1.165) is 16.8 Å². The molecule has 0 unspecified atom stereocenters. The topological polar surface area (TPSA) is 56.8 Å². The van der Waals surface area contributed by atoms with Crippen LogP contribution in [-0.2, 0) is 11.2 Å². The van der Waals surface area contributed by atoms with Crippen molar-refractivity contribution in [3.8, 4) is 17.2 Å². The van der Waals surface area contributed by atoms with Crippen molar-refractivity contribution < 1.29 is 19.0 Å². The van der Waals surface area contributed by atoms with Crippen LogP contribution in [0.4, 0.5) is 5.69 Å². The molecular weight excluding hydrogens is 342 g/mol. The molecule has 2 aromatic rings. The second-order valence-corrected chi connectivity index (χ2v) is 5.98. The van der Waals surface area contributed by atoms with Gasteiger partial charge in [-0.15, -0.1) is 0 Å². The van der Waals surface area contributed by atoms with E-state index in [1.54, 1.807) is 33.5 Å². The zero-order chi connectivity index (χ0) is 18.4. The molecule has 1 amide bonds. The van der Waals surface area contributed by atoms with Crippen molar-refractivity contribution in [3.63, 3.8) is 0 Å². The number of amides is 1. The lowest BCUT2D eigenvalue weighted by atomic mass is 10.1. The van der Waals surface area contributed by atoms with E-state index in [1.807, 2.05) is 25.1 Å². The third kappa shape index (κ3) is 4.79. The summed E-state index contributed by atoms with van der Waals surface area (Å²) in [4.78, 5) is 12.2. The SMILES string of the molecule is COc1cc(CCC(=O)Nc2cc(Cl)ccc2C)cc(OC)c1OC. The second kappa shape index (κ2) is 8.62. The lowest BCUT2D eigenvalue weighted by molar-refractivity contribution is -0.116. The summed E-state index contributed by atoms with van der Waals surface area (Å²) in [6.07, 6.45) is 0.868. The summed E-state index contributed by atoms with van der Waals surface area (Å²) >= 11 is 5.98. The van der Waals surface area contributed by atoms with Gasteiger partial charge in [-0.05, 0) is 48.7 Å². The van der Waals surface area contributed by atoms with Crippen molar-refractivity contribution in [2.75, 3.05) is 26.6 Å². The average Bonchev–Trinajstić information content (AvgIpc) is 2.61. The molecule has 134 valence electrons. The van der Waals surface area contributed by atoms with Gasteiger partial charge in [-0.1, -0.05) is 17.7 Å². The van der Waals surface area contributed by atoms with E-state index in [0.29, 0.717) is 35.1 Å². The van der Waals surface area contributed by atoms with Gasteiger partial charge in [0.05, 0.1) is 21.3 Å². The summed E-state index contributed by atoms with van der Waals surface area (Å²) < 4.78 is 16.0. The Morgan fingerprint density at radius 2 is 1.68 bits per heavy atom. The van der Waals surface area contributed by atoms with Gasteiger partial charge >= 0.3 is 0 Å². The van der Waals surface area contributed by atoms with E-state index in [2.05, 4.69) is 5.32 Å². The monoisotopic (exact) mass is 363 g/mol. The zero-order valence-corrected chi connectivity index (χ0v) is 15.6. The number of carbonyl (C=O) groups excluding carboxylic acids is 1. The molecule has 0 aromatic heterocycles. The highest BCUT2D eigenvalue weighted by Crippen LogP contribution is 2.38. The van der Waals surface area contributed by atoms with Gasteiger partial charge in [0.1, 0.15) is 0 Å². The van der Waals surface area contributed by atoms with Gasteiger partial charge in [-0.2, -0.15) is 0 Å². The number of hydrogen-bond acceptors (Lipinski definition) is 4. The Morgan fingerprint density at radius 3 is 2.24 bits per heavy atom. The third-order valence-corrected chi connectivity index (χ3v) is 4.07. The number of carbonyl (C=O) groups is 1. The molecule has 0 fully saturated rings. The lowest BCUT2D eigenvalue weighted by Gasteiger charge is -2.14. The normalized spacial score (nSPS) is 10.3. The molecule has 2 aromatic carbocycles. The Labute approximate surface area is 152 Å². The van der Waals surface area contributed by atoms with Crippen LogP contribution in [0.1, 0.15) is 17.5 Å². The molecule has 1 N–H and O–H groups in total. The molecule has 0 bridgehead atoms. The molecule has 0 aliphatic rings. The molecular formula is C19H22ClNO4. The molecule has 0 atom stereocenters. The molecule has 5 nitrogen and oxygen atoms in total. The van der Waals surface area contributed by atoms with Crippen LogP contribution in [-0.4, -0.2) is 27.2 Å². The molecule has 0 radical (unpaired) electrons. The molecule has 0 saturated carbocycles. The van der Waals surface area contributed by atoms with Crippen molar-refractivity contribution in [2.45, 2.75) is 19.8 Å². The Hall–Kier alpha value is -2.40. The molecule has 0 saturated heterocycles. The van der Waals surface area contributed by atoms with Gasteiger partial charge in [-0.3, -0.25) is 4.79 Å². The van der Waals surface area contributed by atoms with Gasteiger partial charge < -0.3 is 19.5 Å². The summed E-state index contributed by atoms with van der Waals surface area (Å²) in [5, 5.41) is 3.48. The van der Waals surface area contributed by atoms with E-state index in [-0.39, 0.29) is 5.91 Å². The molecule has 25 heavy (non-hydrogen) atoms. The Kier molecular flexibility index (Phi) is 6.53. The number of rotatable bonds is 7. The Balaban J connectivity index is 2.07. The minimum absolute atomic E-state index is 0.0841. The van der Waals surface area contributed by atoms with Crippen LogP contribution >= 0.6 is 11.6 Å². The summed E-state index contributed by atoms with van der Waals surface area (Å²) in [7, 11) is 4.69. The number of ether oxygens (including phenoxy) is 3. The average molecular weight is 364 g/mol. The molecule has 0 aliphatic carbocycles. The van der Waals surface area contributed by atoms with Crippen LogP contribution in [0.5, 0.6) is 17.2 Å². The maximum Gasteiger partial charge on any atom is 0.224 e. The van der Waals surface area contributed by atoms with Gasteiger partial charge in [-0.25, -0.2) is 0 Å². The predicted molar refractivity (Wildman–Crippen MR) is 99.2 cm³/mol. The zero-order valence-electron chi connectivity index (χ0n) is 14.8. The minimum Gasteiger partial charge on any atom is -0.493 e. The van der Waals surface area contributed by atoms with Gasteiger partial charge in [0.25, 0.3) is 0 Å². The number of hydrogen-bond donors (Lipinski definition) is 1. The third-order valence-electron chi connectivity index (χ3n) is 3.84. The molecule has 0 heterocycles. The van der Waals surface area contributed by atoms with Crippen LogP contribution in [0.25, 0.3) is 0 Å². The fraction of sp³-hybridized carbons (Fsp3) is 0.316. The van der Waals surface area contributed by atoms with E-state index in [9.17, 15) is 4.79 Å². The fourth-order valence-electron chi connectivity index (χ4n) is 2.48. The predicted octanol–water partition coefficient (Wildman–Crippen LogP) is 4.25. The van der Waals surface area contributed by atoms with Gasteiger partial charge in [0, 0.05) is 17.1 Å². The summed E-state index contributed by atoms with van der Waals surface area (Å²) in [6.45, 7) is 1.92. The number of benzene rings is 2. The first kappa shape index (κ1) is 18.9. The number of aryl methyl sites for hydroxylation is 2. The first-order valence-electron chi connectivity index (χ1n) is 7.83. The van der Waals surface area contributed by atoms with Crippen molar-refractivity contribution >= 4 is 23.2 Å². The smallest absolute Gasteiger partial charge is 0.224 e. The molecule has 0 aliphatic heterocycles. The Bertz CT molecular complexity index is 736. The maximum absolute atomic E-state index is 12.2. The van der Waals surface area contributed by atoms with Crippen LogP contribution in [0, 0.1) is 6.92 Å². The largest absolute Gasteiger partial charge is 0.493 e. The standard InChI is InChI=1S/C19H22ClNO4/c1-12-5-7-14(20)11-15(12)21-18(22)8-6-13-9-16(23-2)19(25-4)17(10-13)24-3/h5,7,9-11H,6,8H2,1-4H3,(H,21,22). The lowest BCUT2D eigenvalue weighted by Crippen LogP contribution is -2.13. The van der Waals surface area contributed by atoms with Gasteiger partial charge in [0.2, 0.25) is 11.7 Å². The minimum atomic E-state index is -0.0841. The summed E-state index contributed by atoms with van der Waals surface area (Å²) in [5.74, 6) is 1.60. The first-order valence-corrected chi connectivity index (χ1v) is 8.21. The van der Waals surface area contributed by atoms with E-state index < -0.39 is 0 Å². The Morgan fingerprint density at radius 1 is 1.04 bits per heavy atom. The van der Waals surface area contributed by atoms with E-state index >= 15 is 0 Å². The summed E-state index contributed by atoms with van der Waals surface area (Å²) in [6, 6.07) is 9.10. The highest BCUT2D eigenvalue weighted by atomic mass is 35.5. The second-order valence-electron chi connectivity index (χ2n) is 5.54. The van der Waals surface area contributed by atoms with E-state index in [4.69, 9.17) is 25.8 Å². The van der Waals surface area contributed by atoms with Crippen molar-refractivity contribution in [1.29, 1.82) is 0 Å². The summed E-state index contributed by atoms with van der Waals surface area (Å²) in [5.41, 5.74) is 2.61. The van der Waals surface area contributed by atoms with Crippen molar-refractivity contribution in [3.05, 3.63) is 46.5 Å². The highest BCUT2D eigenvalue weighted by molar-refractivity contribution is 6.31. The number of halogens is 1. The van der Waals surface area contributed by atoms with Crippen LogP contribution in [0.15, 0.2) is 30.3 Å². The van der Waals surface area contributed by atoms with Crippen molar-refractivity contribution in [1.82, 2.24) is 0 Å². The quantitative estimate of drug-likeness (QED) is 0.799. The van der Waals surface area contributed by atoms with Crippen LogP contribution in [0.3, 0.4) is 0 Å². The van der Waals surface area contributed by atoms with Gasteiger partial charge in [0.15, 0.2) is 11.5 Å². The highest BCUT2D eigenvalue weighted by Gasteiger charge is 2.14. The molecule has 6 heteroatoms. The van der Waals surface area contributed by atoms with Crippen LogP contribution < -0.4 is 19.5 Å². The number of nitrogens with one attached hydrogen (secondary N) is 1. The van der Waals surface area contributed by atoms with Crippen molar-refractivity contribution in [2.24, 2.45) is 0 Å². The molecule has 0 spiro atoms. The maximum atomic E-state index is 12.2. The fourth-order valence-corrected chi connectivity index (χ4v) is 2.65.